The van der Waals surface area contributed by atoms with Gasteiger partial charge in [-0.1, -0.05) is 13.8 Å². The van der Waals surface area contributed by atoms with Crippen molar-refractivity contribution < 1.29 is 19.4 Å². The number of aliphatic hydroxyl groups is 1. The number of benzene rings is 1. The fourth-order valence-electron chi connectivity index (χ4n) is 5.82. The second-order valence-electron chi connectivity index (χ2n) is 10.9. The first-order valence-electron chi connectivity index (χ1n) is 13.5. The lowest BCUT2D eigenvalue weighted by atomic mass is 10.0. The molecule has 0 amide bonds. The first-order chi connectivity index (χ1) is 18.2. The summed E-state index contributed by atoms with van der Waals surface area (Å²) in [4.78, 5) is 23.7. The minimum Gasteiger partial charge on any atom is -0.477 e. The number of halogens is 1. The van der Waals surface area contributed by atoms with E-state index in [1.54, 1.807) is 22.9 Å². The minimum absolute atomic E-state index is 0.0287. The van der Waals surface area contributed by atoms with Crippen LogP contribution in [0.5, 0.6) is 0 Å². The maximum atomic E-state index is 13.6. The third-order valence-corrected chi connectivity index (χ3v) is 7.73. The zero-order valence-corrected chi connectivity index (χ0v) is 22.3. The van der Waals surface area contributed by atoms with E-state index in [4.69, 9.17) is 5.10 Å². The Morgan fingerprint density at radius 1 is 1.05 bits per heavy atom. The number of piperazine rings is 1. The number of carbonyl (C=O) groups is 1. The molecule has 1 aromatic carbocycles. The fraction of sp³-hybridized carbons (Fsp3) is 0.536. The van der Waals surface area contributed by atoms with Gasteiger partial charge >= 0.3 is 5.97 Å². The van der Waals surface area contributed by atoms with Crippen LogP contribution in [0, 0.1) is 5.82 Å². The van der Waals surface area contributed by atoms with Crippen molar-refractivity contribution in [3.05, 3.63) is 47.5 Å². The topological polar surface area (TPSA) is 98.0 Å². The molecule has 0 spiro atoms. The second-order valence-corrected chi connectivity index (χ2v) is 10.9. The number of hydrogen-bond acceptors (Lipinski definition) is 7. The van der Waals surface area contributed by atoms with Crippen molar-refractivity contribution >= 4 is 22.7 Å². The molecule has 1 atom stereocenters. The summed E-state index contributed by atoms with van der Waals surface area (Å²) in [5.41, 5.74) is 2.77. The predicted molar refractivity (Wildman–Crippen MR) is 145 cm³/mol. The molecule has 2 aliphatic rings. The van der Waals surface area contributed by atoms with E-state index in [2.05, 4.69) is 33.5 Å². The molecular weight excluding hydrogens is 487 g/mol. The maximum Gasteiger partial charge on any atom is 0.354 e. The molecule has 0 aliphatic carbocycles. The second kappa shape index (κ2) is 11.0. The van der Waals surface area contributed by atoms with Crippen molar-refractivity contribution in [1.29, 1.82) is 0 Å². The highest BCUT2D eigenvalue weighted by Crippen LogP contribution is 2.35. The zero-order valence-electron chi connectivity index (χ0n) is 22.3. The van der Waals surface area contributed by atoms with E-state index in [9.17, 15) is 19.4 Å². The molecule has 4 heterocycles. The first-order valence-corrected chi connectivity index (χ1v) is 13.5. The summed E-state index contributed by atoms with van der Waals surface area (Å²) in [6.45, 7) is 12.1. The number of anilines is 1. The van der Waals surface area contributed by atoms with Crippen molar-refractivity contribution in [1.82, 2.24) is 24.6 Å². The Morgan fingerprint density at radius 2 is 1.71 bits per heavy atom. The van der Waals surface area contributed by atoms with Gasteiger partial charge in [-0.2, -0.15) is 5.10 Å². The van der Waals surface area contributed by atoms with Crippen LogP contribution < -0.4 is 4.90 Å². The van der Waals surface area contributed by atoms with Gasteiger partial charge in [0.15, 0.2) is 11.3 Å². The molecule has 0 saturated carbocycles. The Labute approximate surface area is 222 Å². The molecule has 10 heteroatoms. The molecule has 0 radical (unpaired) electrons. The molecule has 2 aliphatic heterocycles. The predicted octanol–water partition coefficient (Wildman–Crippen LogP) is 3.35. The number of nitrogens with zero attached hydrogens (tertiary/aromatic N) is 6. The average molecular weight is 525 g/mol. The van der Waals surface area contributed by atoms with Crippen LogP contribution in [0.4, 0.5) is 10.1 Å². The van der Waals surface area contributed by atoms with Gasteiger partial charge in [0.1, 0.15) is 5.82 Å². The van der Waals surface area contributed by atoms with Crippen molar-refractivity contribution in [2.45, 2.75) is 51.7 Å². The SMILES string of the molecule is CC(O)CN1CCC(N2CCN(c3cc(C(=O)O)nc4c3c(C(C)C)nn4-c3ccc(F)cc3)CC2)CC1. The van der Waals surface area contributed by atoms with Crippen LogP contribution in [-0.4, -0.2) is 98.7 Å². The molecule has 5 rings (SSSR count). The summed E-state index contributed by atoms with van der Waals surface area (Å²) in [7, 11) is 0. The molecular formula is C28H37FN6O3. The van der Waals surface area contributed by atoms with Gasteiger partial charge in [0.25, 0.3) is 0 Å². The number of aromatic carboxylic acids is 1. The molecule has 38 heavy (non-hydrogen) atoms. The van der Waals surface area contributed by atoms with E-state index in [1.807, 2.05) is 6.92 Å². The Bertz CT molecular complexity index is 1280. The van der Waals surface area contributed by atoms with Gasteiger partial charge in [-0.05, 0) is 69.1 Å². The van der Waals surface area contributed by atoms with Gasteiger partial charge in [-0.15, -0.1) is 0 Å². The van der Waals surface area contributed by atoms with Crippen molar-refractivity contribution in [2.75, 3.05) is 50.7 Å². The lowest BCUT2D eigenvalue weighted by molar-refractivity contribution is 0.0689. The summed E-state index contributed by atoms with van der Waals surface area (Å²) in [6.07, 6.45) is 1.89. The van der Waals surface area contributed by atoms with Crippen molar-refractivity contribution in [2.24, 2.45) is 0 Å². The number of likely N-dealkylation sites (tertiary alicyclic amines) is 1. The van der Waals surface area contributed by atoms with Crippen LogP contribution in [0.1, 0.15) is 55.7 Å². The Morgan fingerprint density at radius 3 is 2.29 bits per heavy atom. The van der Waals surface area contributed by atoms with Crippen LogP contribution in [0.3, 0.4) is 0 Å². The van der Waals surface area contributed by atoms with Crippen LogP contribution >= 0.6 is 0 Å². The number of rotatable bonds is 7. The molecule has 0 bridgehead atoms. The molecule has 1 unspecified atom stereocenters. The zero-order chi connectivity index (χ0) is 27.0. The lowest BCUT2D eigenvalue weighted by Gasteiger charge is -2.43. The normalized spacial score (nSPS) is 18.9. The smallest absolute Gasteiger partial charge is 0.354 e. The van der Waals surface area contributed by atoms with Gasteiger partial charge in [0.2, 0.25) is 0 Å². The molecule has 3 aromatic rings. The number of piperidine rings is 1. The van der Waals surface area contributed by atoms with E-state index in [0.717, 1.165) is 75.4 Å². The highest BCUT2D eigenvalue weighted by molar-refractivity contribution is 5.98. The lowest BCUT2D eigenvalue weighted by Crippen LogP contribution is -2.53. The van der Waals surface area contributed by atoms with Crippen LogP contribution in [0.15, 0.2) is 30.3 Å². The van der Waals surface area contributed by atoms with Crippen molar-refractivity contribution in [3.8, 4) is 5.69 Å². The van der Waals surface area contributed by atoms with Crippen molar-refractivity contribution in [3.63, 3.8) is 0 Å². The van der Waals surface area contributed by atoms with E-state index in [0.29, 0.717) is 17.4 Å². The summed E-state index contributed by atoms with van der Waals surface area (Å²) >= 11 is 0. The first kappa shape index (κ1) is 26.5. The number of pyridine rings is 1. The Hall–Kier alpha value is -3.08. The van der Waals surface area contributed by atoms with Gasteiger partial charge < -0.3 is 20.0 Å². The molecule has 2 N–H and O–H groups in total. The number of carboxylic acids is 1. The third-order valence-electron chi connectivity index (χ3n) is 7.73. The summed E-state index contributed by atoms with van der Waals surface area (Å²) in [5.74, 6) is -1.35. The summed E-state index contributed by atoms with van der Waals surface area (Å²) in [6, 6.07) is 8.21. The van der Waals surface area contributed by atoms with Crippen LogP contribution in [0.25, 0.3) is 16.7 Å². The number of aromatic nitrogens is 3. The van der Waals surface area contributed by atoms with Gasteiger partial charge in [0.05, 0.1) is 28.6 Å². The monoisotopic (exact) mass is 524 g/mol. The standard InChI is InChI=1S/C28H37FN6O3/c1-18(2)26-25-24(34-14-12-33(13-15-34)21-8-10-32(11-9-21)17-19(3)36)16-23(28(37)38)30-27(25)35(31-26)22-6-4-20(29)5-7-22/h4-7,16,18-19,21,36H,8-15,17H2,1-3H3,(H,37,38). The van der Waals surface area contributed by atoms with E-state index < -0.39 is 5.97 Å². The van der Waals surface area contributed by atoms with E-state index >= 15 is 0 Å². The van der Waals surface area contributed by atoms with Gasteiger partial charge in [-0.3, -0.25) is 4.90 Å². The Kier molecular flexibility index (Phi) is 7.65. The summed E-state index contributed by atoms with van der Waals surface area (Å²) in [5, 5.41) is 25.3. The largest absolute Gasteiger partial charge is 0.477 e. The maximum absolute atomic E-state index is 13.6. The van der Waals surface area contributed by atoms with Crippen LogP contribution in [0.2, 0.25) is 0 Å². The molecule has 2 fully saturated rings. The van der Waals surface area contributed by atoms with E-state index in [1.165, 1.54) is 12.1 Å². The molecule has 2 saturated heterocycles. The molecule has 9 nitrogen and oxygen atoms in total. The van der Waals surface area contributed by atoms with Gasteiger partial charge in [-0.25, -0.2) is 18.9 Å². The van der Waals surface area contributed by atoms with Gasteiger partial charge in [0, 0.05) is 38.8 Å². The summed E-state index contributed by atoms with van der Waals surface area (Å²) < 4.78 is 15.3. The fourth-order valence-corrected chi connectivity index (χ4v) is 5.82. The molecule has 204 valence electrons. The van der Waals surface area contributed by atoms with E-state index in [-0.39, 0.29) is 23.5 Å². The minimum atomic E-state index is -1.09. The highest BCUT2D eigenvalue weighted by atomic mass is 19.1. The molecule has 2 aromatic heterocycles. The number of hydrogen-bond donors (Lipinski definition) is 2. The van der Waals surface area contributed by atoms with Crippen LogP contribution in [-0.2, 0) is 0 Å². The third kappa shape index (κ3) is 5.39. The quantitative estimate of drug-likeness (QED) is 0.486. The number of aliphatic hydroxyl groups excluding tert-OH is 1. The number of fused-ring (bicyclic) bond motifs is 1. The number of β-amino-alcohol motifs (C(OH)–C–C–N with tert-alkyl or cyclic N) is 1. The Balaban J connectivity index is 1.43. The number of carboxylic acid groups (broad SMARTS) is 1. The average Bonchev–Trinajstić information content (AvgIpc) is 3.29. The highest BCUT2D eigenvalue weighted by Gasteiger charge is 2.30.